The molecule has 1 fully saturated rings. The normalized spacial score (nSPS) is 18.6. The minimum Gasteiger partial charge on any atom is -0.491 e. The van der Waals surface area contributed by atoms with Gasteiger partial charge in [-0.1, -0.05) is 38.8 Å². The lowest BCUT2D eigenvalue weighted by atomic mass is 10.0. The predicted octanol–water partition coefficient (Wildman–Crippen LogP) is 3.82. The molecule has 2 rings (SSSR count). The molecule has 118 valence electrons. The third-order valence-corrected chi connectivity index (χ3v) is 4.37. The zero-order chi connectivity index (χ0) is 15.1. The third-order valence-electron chi connectivity index (χ3n) is 4.37. The van der Waals surface area contributed by atoms with Crippen LogP contribution in [0.3, 0.4) is 0 Å². The summed E-state index contributed by atoms with van der Waals surface area (Å²) in [7, 11) is 0. The maximum Gasteiger partial charge on any atom is 0.119 e. The van der Waals surface area contributed by atoms with Gasteiger partial charge < -0.3 is 15.2 Å². The van der Waals surface area contributed by atoms with Crippen LogP contribution in [-0.2, 0) is 0 Å². The van der Waals surface area contributed by atoms with Crippen LogP contribution < -0.4 is 10.1 Å². The van der Waals surface area contributed by atoms with Gasteiger partial charge in [0.25, 0.3) is 0 Å². The minimum absolute atomic E-state index is 0.414. The first-order valence-corrected chi connectivity index (χ1v) is 8.35. The molecule has 1 aromatic carbocycles. The highest BCUT2D eigenvalue weighted by Gasteiger charge is 2.31. The molecular weight excluding hydrogens is 262 g/mol. The number of nitrogens with one attached hydrogen (secondary N) is 1. The average Bonchev–Trinajstić information content (AvgIpc) is 2.94. The van der Waals surface area contributed by atoms with E-state index < -0.39 is 5.60 Å². The van der Waals surface area contributed by atoms with Gasteiger partial charge in [-0.3, -0.25) is 0 Å². The van der Waals surface area contributed by atoms with Gasteiger partial charge in [-0.15, -0.1) is 0 Å². The average molecular weight is 291 g/mol. The van der Waals surface area contributed by atoms with Crippen molar-refractivity contribution in [2.45, 2.75) is 64.0 Å². The van der Waals surface area contributed by atoms with Crippen LogP contribution in [0.25, 0.3) is 0 Å². The predicted molar refractivity (Wildman–Crippen MR) is 86.7 cm³/mol. The van der Waals surface area contributed by atoms with Gasteiger partial charge >= 0.3 is 0 Å². The maximum absolute atomic E-state index is 10.3. The van der Waals surface area contributed by atoms with Gasteiger partial charge in [0, 0.05) is 6.04 Å². The number of aliphatic hydroxyl groups is 1. The molecule has 0 aromatic heterocycles. The van der Waals surface area contributed by atoms with Gasteiger partial charge in [-0.05, 0) is 49.9 Å². The lowest BCUT2D eigenvalue weighted by molar-refractivity contribution is 0.00140. The van der Waals surface area contributed by atoms with Crippen molar-refractivity contribution in [2.24, 2.45) is 0 Å². The molecule has 1 atom stereocenters. The van der Waals surface area contributed by atoms with E-state index in [1.165, 1.54) is 5.56 Å². The Morgan fingerprint density at radius 1 is 1.19 bits per heavy atom. The molecule has 1 aliphatic carbocycles. The topological polar surface area (TPSA) is 41.5 Å². The Morgan fingerprint density at radius 2 is 1.86 bits per heavy atom. The highest BCUT2D eigenvalue weighted by atomic mass is 16.5. The Balaban J connectivity index is 1.88. The Morgan fingerprint density at radius 3 is 2.43 bits per heavy atom. The first kappa shape index (κ1) is 16.3. The SMILES string of the molecule is CCCNC(CC)c1ccc(OCC2(O)CCCC2)cc1. The molecule has 0 saturated heterocycles. The molecule has 0 aliphatic heterocycles. The van der Waals surface area contributed by atoms with Gasteiger partial charge in [0.1, 0.15) is 12.4 Å². The molecule has 0 bridgehead atoms. The largest absolute Gasteiger partial charge is 0.491 e. The van der Waals surface area contributed by atoms with Crippen LogP contribution in [0.4, 0.5) is 0 Å². The number of rotatable bonds is 8. The van der Waals surface area contributed by atoms with E-state index in [0.717, 1.165) is 50.8 Å². The lowest BCUT2D eigenvalue weighted by Gasteiger charge is -2.22. The summed E-state index contributed by atoms with van der Waals surface area (Å²) in [5.74, 6) is 0.851. The summed E-state index contributed by atoms with van der Waals surface area (Å²) in [4.78, 5) is 0. The summed E-state index contributed by atoms with van der Waals surface area (Å²) in [6.07, 6.45) is 6.18. The summed E-state index contributed by atoms with van der Waals surface area (Å²) < 4.78 is 5.77. The molecule has 1 aromatic rings. The standard InChI is InChI=1S/C18H29NO2/c1-3-13-19-17(4-2)15-7-9-16(10-8-15)21-14-18(20)11-5-6-12-18/h7-10,17,19-20H,3-6,11-14H2,1-2H3. The molecule has 1 aliphatic rings. The third kappa shape index (κ3) is 4.72. The van der Waals surface area contributed by atoms with Gasteiger partial charge in [0.05, 0.1) is 5.60 Å². The molecule has 0 heterocycles. The van der Waals surface area contributed by atoms with E-state index in [1.807, 2.05) is 12.1 Å². The fourth-order valence-corrected chi connectivity index (χ4v) is 3.01. The number of hydrogen-bond acceptors (Lipinski definition) is 3. The molecule has 1 saturated carbocycles. The monoisotopic (exact) mass is 291 g/mol. The minimum atomic E-state index is -0.604. The number of hydrogen-bond donors (Lipinski definition) is 2. The molecule has 2 N–H and O–H groups in total. The van der Waals surface area contributed by atoms with Crippen molar-refractivity contribution in [2.75, 3.05) is 13.2 Å². The molecular formula is C18H29NO2. The second-order valence-electron chi connectivity index (χ2n) is 6.20. The van der Waals surface area contributed by atoms with E-state index >= 15 is 0 Å². The summed E-state index contributed by atoms with van der Waals surface area (Å²) in [5, 5.41) is 13.9. The maximum atomic E-state index is 10.3. The zero-order valence-corrected chi connectivity index (χ0v) is 13.4. The van der Waals surface area contributed by atoms with Crippen molar-refractivity contribution in [1.82, 2.24) is 5.32 Å². The Labute approximate surface area is 128 Å². The van der Waals surface area contributed by atoms with Crippen LogP contribution in [-0.4, -0.2) is 23.9 Å². The van der Waals surface area contributed by atoms with E-state index in [0.29, 0.717) is 12.6 Å². The first-order chi connectivity index (χ1) is 10.2. The lowest BCUT2D eigenvalue weighted by Crippen LogP contribution is -2.32. The highest BCUT2D eigenvalue weighted by Crippen LogP contribution is 2.30. The second-order valence-corrected chi connectivity index (χ2v) is 6.20. The van der Waals surface area contributed by atoms with Crippen molar-refractivity contribution in [3.63, 3.8) is 0 Å². The van der Waals surface area contributed by atoms with E-state index in [1.54, 1.807) is 0 Å². The van der Waals surface area contributed by atoms with Gasteiger partial charge in [0.2, 0.25) is 0 Å². The van der Waals surface area contributed by atoms with Crippen LogP contribution >= 0.6 is 0 Å². The molecule has 0 radical (unpaired) electrons. The fraction of sp³-hybridized carbons (Fsp3) is 0.667. The van der Waals surface area contributed by atoms with Crippen molar-refractivity contribution in [1.29, 1.82) is 0 Å². The van der Waals surface area contributed by atoms with Crippen LogP contribution in [0.15, 0.2) is 24.3 Å². The van der Waals surface area contributed by atoms with Gasteiger partial charge in [0.15, 0.2) is 0 Å². The van der Waals surface area contributed by atoms with E-state index in [-0.39, 0.29) is 0 Å². The molecule has 3 heteroatoms. The summed E-state index contributed by atoms with van der Waals surface area (Å²) in [6.45, 7) is 5.85. The quantitative estimate of drug-likeness (QED) is 0.765. The summed E-state index contributed by atoms with van der Waals surface area (Å²) >= 11 is 0. The highest BCUT2D eigenvalue weighted by molar-refractivity contribution is 5.29. The molecule has 1 unspecified atom stereocenters. The Kier molecular flexibility index (Phi) is 6.07. The van der Waals surface area contributed by atoms with E-state index in [4.69, 9.17) is 4.74 Å². The smallest absolute Gasteiger partial charge is 0.119 e. The van der Waals surface area contributed by atoms with Crippen LogP contribution in [0, 0.1) is 0 Å². The molecule has 0 amide bonds. The zero-order valence-electron chi connectivity index (χ0n) is 13.4. The first-order valence-electron chi connectivity index (χ1n) is 8.35. The summed E-state index contributed by atoms with van der Waals surface area (Å²) in [6, 6.07) is 8.71. The van der Waals surface area contributed by atoms with E-state index in [2.05, 4.69) is 31.3 Å². The second kappa shape index (κ2) is 7.81. The Bertz CT molecular complexity index is 410. The molecule has 0 spiro atoms. The summed E-state index contributed by atoms with van der Waals surface area (Å²) in [5.41, 5.74) is 0.700. The Hall–Kier alpha value is -1.06. The van der Waals surface area contributed by atoms with Crippen LogP contribution in [0.5, 0.6) is 5.75 Å². The van der Waals surface area contributed by atoms with Crippen molar-refractivity contribution in [3.8, 4) is 5.75 Å². The number of ether oxygens (including phenoxy) is 1. The van der Waals surface area contributed by atoms with E-state index in [9.17, 15) is 5.11 Å². The van der Waals surface area contributed by atoms with Crippen LogP contribution in [0.1, 0.15) is 64.0 Å². The fourth-order valence-electron chi connectivity index (χ4n) is 3.01. The molecule has 21 heavy (non-hydrogen) atoms. The number of benzene rings is 1. The van der Waals surface area contributed by atoms with Gasteiger partial charge in [-0.2, -0.15) is 0 Å². The van der Waals surface area contributed by atoms with Crippen molar-refractivity contribution in [3.05, 3.63) is 29.8 Å². The van der Waals surface area contributed by atoms with Crippen molar-refractivity contribution >= 4 is 0 Å². The van der Waals surface area contributed by atoms with Crippen LogP contribution in [0.2, 0.25) is 0 Å². The van der Waals surface area contributed by atoms with Gasteiger partial charge in [-0.25, -0.2) is 0 Å². The van der Waals surface area contributed by atoms with Crippen molar-refractivity contribution < 1.29 is 9.84 Å². The molecule has 3 nitrogen and oxygen atoms in total.